The van der Waals surface area contributed by atoms with Crippen molar-refractivity contribution in [2.75, 3.05) is 5.32 Å². The Morgan fingerprint density at radius 2 is 1.52 bits per heavy atom. The maximum Gasteiger partial charge on any atom is 0.413 e. The van der Waals surface area contributed by atoms with Crippen molar-refractivity contribution >= 4 is 40.5 Å². The summed E-state index contributed by atoms with van der Waals surface area (Å²) in [4.78, 5) is 59.0. The summed E-state index contributed by atoms with van der Waals surface area (Å²) in [5.41, 5.74) is -0.228. The Kier molecular flexibility index (Phi) is 9.52. The lowest BCUT2D eigenvalue weighted by atomic mass is 9.67. The smallest absolute Gasteiger partial charge is 0.413 e. The van der Waals surface area contributed by atoms with E-state index in [1.54, 1.807) is 51.2 Å². The van der Waals surface area contributed by atoms with Crippen molar-refractivity contribution in [2.24, 2.45) is 5.92 Å². The maximum absolute atomic E-state index is 14.0. The highest BCUT2D eigenvalue weighted by molar-refractivity contribution is 7.15. The van der Waals surface area contributed by atoms with Gasteiger partial charge < -0.3 is 15.2 Å². The van der Waals surface area contributed by atoms with Crippen LogP contribution in [0.1, 0.15) is 54.8 Å². The number of carbonyl (C=O) groups is 4. The number of urea groups is 1. The van der Waals surface area contributed by atoms with E-state index in [1.165, 1.54) is 11.3 Å². The van der Waals surface area contributed by atoms with Crippen LogP contribution < -0.4 is 10.6 Å². The number of amides is 4. The molecular formula is C35H36N4O6S. The van der Waals surface area contributed by atoms with Crippen molar-refractivity contribution in [1.29, 1.82) is 0 Å². The van der Waals surface area contributed by atoms with E-state index in [0.29, 0.717) is 17.1 Å². The summed E-state index contributed by atoms with van der Waals surface area (Å²) in [5, 5.41) is 16.6. The summed E-state index contributed by atoms with van der Waals surface area (Å²) in [6, 6.07) is 26.2. The zero-order valence-corrected chi connectivity index (χ0v) is 26.6. The number of aliphatic carboxylic acids is 1. The van der Waals surface area contributed by atoms with E-state index in [9.17, 15) is 24.3 Å². The van der Waals surface area contributed by atoms with Crippen LogP contribution in [0.5, 0.6) is 0 Å². The van der Waals surface area contributed by atoms with Gasteiger partial charge in [0, 0.05) is 17.5 Å². The van der Waals surface area contributed by atoms with Crippen LogP contribution in [0, 0.1) is 5.92 Å². The van der Waals surface area contributed by atoms with Crippen LogP contribution in [0.15, 0.2) is 97.2 Å². The molecule has 1 aliphatic rings. The van der Waals surface area contributed by atoms with Crippen LogP contribution in [-0.2, 0) is 27.2 Å². The SMILES string of the molecule is CC(C)(C)OC(=O)Nc1ncc(CC[C@H]2C(=O)N(C(=O)NC(c3ccccc3)c3ccccc3)[C@]2(Cc2ccccc2)C(=O)O)s1. The molecular weight excluding hydrogens is 604 g/mol. The predicted octanol–water partition coefficient (Wildman–Crippen LogP) is 6.45. The molecule has 1 aliphatic heterocycles. The maximum atomic E-state index is 14.0. The molecule has 2 heterocycles. The monoisotopic (exact) mass is 640 g/mol. The number of carboxylic acid groups (broad SMARTS) is 1. The standard InChI is InChI=1S/C35H36N4O6S/c1-34(2,3)45-33(44)38-31-36-22-26(46-31)19-20-27-29(40)39(35(27,30(41)42)21-23-13-7-4-8-14-23)32(43)37-28(24-15-9-5-10-16-24)25-17-11-6-12-18-25/h4-18,22,27-28H,19-21H2,1-3H3,(H,37,43)(H,41,42)(H,36,38,44)/t27-,35-/m0/s1. The van der Waals surface area contributed by atoms with Gasteiger partial charge in [0.15, 0.2) is 10.7 Å². The number of anilines is 1. The van der Waals surface area contributed by atoms with Gasteiger partial charge in [-0.05, 0) is 50.3 Å². The van der Waals surface area contributed by atoms with Crippen LogP contribution in [0.3, 0.4) is 0 Å². The third-order valence-corrected chi connectivity index (χ3v) is 8.73. The van der Waals surface area contributed by atoms with Crippen LogP contribution in [0.4, 0.5) is 14.7 Å². The number of nitrogens with one attached hydrogen (secondary N) is 2. The minimum atomic E-state index is -1.82. The number of thiazole rings is 1. The molecule has 0 aliphatic carbocycles. The molecule has 4 aromatic rings. The number of nitrogens with zero attached hydrogens (tertiary/aromatic N) is 2. The number of likely N-dealkylation sites (tertiary alicyclic amines) is 1. The fourth-order valence-electron chi connectivity index (χ4n) is 5.72. The van der Waals surface area contributed by atoms with Crippen molar-refractivity contribution in [3.8, 4) is 0 Å². The first-order valence-corrected chi connectivity index (χ1v) is 15.8. The first-order valence-electron chi connectivity index (χ1n) is 14.9. The first kappa shape index (κ1) is 32.4. The first-order chi connectivity index (χ1) is 22.0. The Hall–Kier alpha value is -5.03. The normalized spacial score (nSPS) is 17.7. The number of ether oxygens (including phenoxy) is 1. The summed E-state index contributed by atoms with van der Waals surface area (Å²) in [6.45, 7) is 5.27. The Labute approximate surface area is 271 Å². The molecule has 238 valence electrons. The average molecular weight is 641 g/mol. The average Bonchev–Trinajstić information content (AvgIpc) is 3.46. The lowest BCUT2D eigenvalue weighted by Gasteiger charge is -2.53. The van der Waals surface area contributed by atoms with Crippen molar-refractivity contribution in [3.63, 3.8) is 0 Å². The molecule has 3 aromatic carbocycles. The number of β-lactam (4-membered cyclic amide) rings is 1. The number of carbonyl (C=O) groups excluding carboxylic acids is 3. The second-order valence-electron chi connectivity index (χ2n) is 12.1. The third-order valence-electron chi connectivity index (χ3n) is 7.76. The van der Waals surface area contributed by atoms with Gasteiger partial charge in [-0.1, -0.05) is 91.0 Å². The number of imide groups is 1. The number of hydrogen-bond donors (Lipinski definition) is 3. The van der Waals surface area contributed by atoms with Crippen LogP contribution in [-0.4, -0.2) is 50.1 Å². The third kappa shape index (κ3) is 7.10. The van der Waals surface area contributed by atoms with E-state index < -0.39 is 47.1 Å². The Morgan fingerprint density at radius 1 is 0.957 bits per heavy atom. The lowest BCUT2D eigenvalue weighted by Crippen LogP contribution is -2.78. The minimum absolute atomic E-state index is 0.0531. The molecule has 1 aromatic heterocycles. The van der Waals surface area contributed by atoms with Gasteiger partial charge >= 0.3 is 18.1 Å². The molecule has 1 saturated heterocycles. The summed E-state index contributed by atoms with van der Waals surface area (Å²) >= 11 is 1.21. The largest absolute Gasteiger partial charge is 0.479 e. The molecule has 0 spiro atoms. The number of rotatable bonds is 10. The van der Waals surface area contributed by atoms with Gasteiger partial charge in [-0.3, -0.25) is 10.1 Å². The quantitative estimate of drug-likeness (QED) is 0.170. The summed E-state index contributed by atoms with van der Waals surface area (Å²) in [7, 11) is 0. The molecule has 0 radical (unpaired) electrons. The van der Waals surface area contributed by atoms with Crippen molar-refractivity contribution in [1.82, 2.24) is 15.2 Å². The predicted molar refractivity (Wildman–Crippen MR) is 174 cm³/mol. The molecule has 0 bridgehead atoms. The highest BCUT2D eigenvalue weighted by Gasteiger charge is 2.67. The number of aryl methyl sites for hydroxylation is 1. The Morgan fingerprint density at radius 3 is 2.07 bits per heavy atom. The van der Waals surface area contributed by atoms with E-state index in [-0.39, 0.29) is 12.8 Å². The Bertz CT molecular complexity index is 1650. The second-order valence-corrected chi connectivity index (χ2v) is 13.2. The van der Waals surface area contributed by atoms with Crippen LogP contribution in [0.25, 0.3) is 0 Å². The van der Waals surface area contributed by atoms with Gasteiger partial charge in [0.05, 0.1) is 12.0 Å². The number of carboxylic acids is 1. The molecule has 3 N–H and O–H groups in total. The van der Waals surface area contributed by atoms with E-state index >= 15 is 0 Å². The van der Waals surface area contributed by atoms with Gasteiger partial charge in [-0.25, -0.2) is 24.3 Å². The Balaban J connectivity index is 1.40. The van der Waals surface area contributed by atoms with Crippen LogP contribution in [0.2, 0.25) is 0 Å². The zero-order valence-electron chi connectivity index (χ0n) is 25.8. The summed E-state index contributed by atoms with van der Waals surface area (Å²) in [6.07, 6.45) is 1.37. The lowest BCUT2D eigenvalue weighted by molar-refractivity contribution is -0.181. The highest BCUT2D eigenvalue weighted by Crippen LogP contribution is 2.44. The van der Waals surface area contributed by atoms with Crippen molar-refractivity contribution in [2.45, 2.75) is 57.2 Å². The van der Waals surface area contributed by atoms with Gasteiger partial charge in [0.2, 0.25) is 5.91 Å². The van der Waals surface area contributed by atoms with Crippen molar-refractivity contribution < 1.29 is 29.0 Å². The topological polar surface area (TPSA) is 138 Å². The number of benzene rings is 3. The van der Waals surface area contributed by atoms with E-state index in [0.717, 1.165) is 20.9 Å². The number of aromatic nitrogens is 1. The molecule has 2 atom stereocenters. The fraction of sp³-hybridized carbons (Fsp3) is 0.286. The fourth-order valence-corrected chi connectivity index (χ4v) is 6.53. The molecule has 11 heteroatoms. The van der Waals surface area contributed by atoms with Crippen molar-refractivity contribution in [3.05, 3.63) is 119 Å². The molecule has 10 nitrogen and oxygen atoms in total. The molecule has 4 amide bonds. The highest BCUT2D eigenvalue weighted by atomic mass is 32.1. The zero-order chi connectivity index (χ0) is 32.9. The van der Waals surface area contributed by atoms with E-state index in [4.69, 9.17) is 4.74 Å². The number of hydrogen-bond acceptors (Lipinski definition) is 7. The van der Waals surface area contributed by atoms with Gasteiger partial charge in [-0.2, -0.15) is 0 Å². The molecule has 0 saturated carbocycles. The van der Waals surface area contributed by atoms with E-state index in [2.05, 4.69) is 15.6 Å². The van der Waals surface area contributed by atoms with Gasteiger partial charge in [0.25, 0.3) is 0 Å². The van der Waals surface area contributed by atoms with Gasteiger partial charge in [0.1, 0.15) is 5.60 Å². The molecule has 46 heavy (non-hydrogen) atoms. The molecule has 0 unspecified atom stereocenters. The summed E-state index contributed by atoms with van der Waals surface area (Å²) in [5.74, 6) is -2.80. The summed E-state index contributed by atoms with van der Waals surface area (Å²) < 4.78 is 5.28. The van der Waals surface area contributed by atoms with E-state index in [1.807, 2.05) is 66.7 Å². The molecule has 5 rings (SSSR count). The van der Waals surface area contributed by atoms with Gasteiger partial charge in [-0.15, -0.1) is 11.3 Å². The van der Waals surface area contributed by atoms with Crippen LogP contribution >= 0.6 is 11.3 Å². The minimum Gasteiger partial charge on any atom is -0.479 e. The molecule has 1 fully saturated rings. The second kappa shape index (κ2) is 13.5.